The van der Waals surface area contributed by atoms with E-state index in [2.05, 4.69) is 10.2 Å². The van der Waals surface area contributed by atoms with Gasteiger partial charge in [-0.15, -0.1) is 0 Å². The molecular formula is C27H35N3O4. The van der Waals surface area contributed by atoms with Crippen LogP contribution in [0, 0.1) is 5.92 Å². The molecule has 2 saturated heterocycles. The van der Waals surface area contributed by atoms with Crippen LogP contribution in [0.1, 0.15) is 44.1 Å². The standard InChI is InChI=1S/C27H35N3O4/c31-27(30-14-10-21(11-15-30)18-29-12-3-1-2-4-13-29)28-23-7-5-6-22(16-23)19-32-24-8-9-25-26(17-24)34-20-33-25/h5-9,16-17,21H,1-4,10-15,18-20H2,(H,28,31). The lowest BCUT2D eigenvalue weighted by atomic mass is 9.96. The Hall–Kier alpha value is -2.93. The van der Waals surface area contributed by atoms with Crippen LogP contribution in [-0.2, 0) is 6.61 Å². The number of piperidine rings is 1. The number of carbonyl (C=O) groups is 1. The lowest BCUT2D eigenvalue weighted by Gasteiger charge is -2.34. The molecule has 34 heavy (non-hydrogen) atoms. The molecule has 0 radical (unpaired) electrons. The first kappa shape index (κ1) is 22.8. The van der Waals surface area contributed by atoms with E-state index >= 15 is 0 Å². The van der Waals surface area contributed by atoms with E-state index < -0.39 is 0 Å². The number of hydrogen-bond acceptors (Lipinski definition) is 5. The minimum absolute atomic E-state index is 0.0120. The Morgan fingerprint density at radius 1 is 0.941 bits per heavy atom. The molecule has 2 aromatic rings. The maximum Gasteiger partial charge on any atom is 0.321 e. The molecular weight excluding hydrogens is 430 g/mol. The van der Waals surface area contributed by atoms with E-state index in [0.29, 0.717) is 18.3 Å². The van der Waals surface area contributed by atoms with Gasteiger partial charge in [0.2, 0.25) is 6.79 Å². The number of hydrogen-bond donors (Lipinski definition) is 1. The minimum Gasteiger partial charge on any atom is -0.489 e. The van der Waals surface area contributed by atoms with Gasteiger partial charge < -0.3 is 29.3 Å². The summed E-state index contributed by atoms with van der Waals surface area (Å²) < 4.78 is 16.7. The molecule has 182 valence electrons. The number of rotatable bonds is 6. The van der Waals surface area contributed by atoms with Crippen LogP contribution in [0.15, 0.2) is 42.5 Å². The first-order valence-electron chi connectivity index (χ1n) is 12.6. The van der Waals surface area contributed by atoms with Gasteiger partial charge in [0.05, 0.1) is 0 Å². The first-order chi connectivity index (χ1) is 16.7. The molecule has 3 heterocycles. The summed E-state index contributed by atoms with van der Waals surface area (Å²) in [6.07, 6.45) is 7.60. The lowest BCUT2D eigenvalue weighted by Crippen LogP contribution is -2.43. The van der Waals surface area contributed by atoms with Crippen molar-refractivity contribution in [2.75, 3.05) is 44.8 Å². The molecule has 0 spiro atoms. The van der Waals surface area contributed by atoms with Crippen LogP contribution >= 0.6 is 0 Å². The number of urea groups is 1. The van der Waals surface area contributed by atoms with Gasteiger partial charge in [-0.05, 0) is 74.5 Å². The van der Waals surface area contributed by atoms with E-state index in [1.54, 1.807) is 0 Å². The SMILES string of the molecule is O=C(Nc1cccc(COc2ccc3c(c2)OCO3)c1)N1CCC(CN2CCCCCC2)CC1. The Kier molecular flexibility index (Phi) is 7.39. The summed E-state index contributed by atoms with van der Waals surface area (Å²) in [7, 11) is 0. The summed E-state index contributed by atoms with van der Waals surface area (Å²) in [6.45, 7) is 6.00. The van der Waals surface area contributed by atoms with Gasteiger partial charge in [-0.1, -0.05) is 25.0 Å². The van der Waals surface area contributed by atoms with Crippen LogP contribution in [0.2, 0.25) is 0 Å². The van der Waals surface area contributed by atoms with E-state index in [1.807, 2.05) is 47.4 Å². The maximum atomic E-state index is 12.9. The second-order valence-corrected chi connectivity index (χ2v) is 9.58. The summed E-state index contributed by atoms with van der Waals surface area (Å²) in [6, 6.07) is 13.4. The van der Waals surface area contributed by atoms with Crippen molar-refractivity contribution in [2.24, 2.45) is 5.92 Å². The van der Waals surface area contributed by atoms with Crippen LogP contribution in [0.5, 0.6) is 17.2 Å². The van der Waals surface area contributed by atoms with Crippen LogP contribution in [0.4, 0.5) is 10.5 Å². The largest absolute Gasteiger partial charge is 0.489 e. The first-order valence-corrected chi connectivity index (χ1v) is 12.6. The summed E-state index contributed by atoms with van der Waals surface area (Å²) in [5, 5.41) is 3.07. The zero-order chi connectivity index (χ0) is 23.2. The van der Waals surface area contributed by atoms with E-state index in [1.165, 1.54) is 45.3 Å². The third-order valence-electron chi connectivity index (χ3n) is 7.04. The van der Waals surface area contributed by atoms with Crippen molar-refractivity contribution in [1.29, 1.82) is 0 Å². The Bertz CT molecular complexity index is 966. The van der Waals surface area contributed by atoms with Crippen LogP contribution in [0.3, 0.4) is 0 Å². The average molecular weight is 466 g/mol. The third-order valence-corrected chi connectivity index (χ3v) is 7.04. The fraction of sp³-hybridized carbons (Fsp3) is 0.519. The average Bonchev–Trinajstić information content (AvgIpc) is 3.18. The number of nitrogens with one attached hydrogen (secondary N) is 1. The number of likely N-dealkylation sites (tertiary alicyclic amines) is 2. The highest BCUT2D eigenvalue weighted by atomic mass is 16.7. The highest BCUT2D eigenvalue weighted by molar-refractivity contribution is 5.89. The number of anilines is 1. The Morgan fingerprint density at radius 3 is 2.56 bits per heavy atom. The van der Waals surface area contributed by atoms with Crippen LogP contribution in [-0.4, -0.2) is 55.3 Å². The van der Waals surface area contributed by atoms with E-state index in [9.17, 15) is 4.79 Å². The van der Waals surface area contributed by atoms with Crippen molar-refractivity contribution in [2.45, 2.75) is 45.1 Å². The molecule has 0 atom stereocenters. The molecule has 0 aromatic heterocycles. The number of fused-ring (bicyclic) bond motifs is 1. The Balaban J connectivity index is 1.08. The molecule has 0 bridgehead atoms. The van der Waals surface area contributed by atoms with Gasteiger partial charge >= 0.3 is 6.03 Å². The summed E-state index contributed by atoms with van der Waals surface area (Å²) >= 11 is 0. The zero-order valence-corrected chi connectivity index (χ0v) is 19.8. The minimum atomic E-state index is -0.0120. The quantitative estimate of drug-likeness (QED) is 0.642. The molecule has 2 fully saturated rings. The highest BCUT2D eigenvalue weighted by Crippen LogP contribution is 2.35. The fourth-order valence-corrected chi connectivity index (χ4v) is 5.08. The van der Waals surface area contributed by atoms with Gasteiger partial charge in [-0.25, -0.2) is 4.79 Å². The second-order valence-electron chi connectivity index (χ2n) is 9.58. The predicted molar refractivity (Wildman–Crippen MR) is 132 cm³/mol. The number of carbonyl (C=O) groups excluding carboxylic acids is 1. The van der Waals surface area contributed by atoms with Crippen molar-refractivity contribution in [3.63, 3.8) is 0 Å². The number of ether oxygens (including phenoxy) is 3. The van der Waals surface area contributed by atoms with Crippen molar-refractivity contribution in [3.8, 4) is 17.2 Å². The summed E-state index contributed by atoms with van der Waals surface area (Å²) in [5.74, 6) is 2.87. The van der Waals surface area contributed by atoms with Crippen molar-refractivity contribution in [1.82, 2.24) is 9.80 Å². The molecule has 3 aliphatic rings. The fourth-order valence-electron chi connectivity index (χ4n) is 5.08. The molecule has 0 aliphatic carbocycles. The Labute approximate surface area is 202 Å². The maximum absolute atomic E-state index is 12.9. The van der Waals surface area contributed by atoms with Gasteiger partial charge in [0.1, 0.15) is 12.4 Å². The monoisotopic (exact) mass is 465 g/mol. The molecule has 7 nitrogen and oxygen atoms in total. The zero-order valence-electron chi connectivity index (χ0n) is 19.8. The topological polar surface area (TPSA) is 63.3 Å². The molecule has 2 amide bonds. The van der Waals surface area contributed by atoms with Crippen LogP contribution in [0.25, 0.3) is 0 Å². The van der Waals surface area contributed by atoms with Crippen LogP contribution < -0.4 is 19.5 Å². The Morgan fingerprint density at radius 2 is 1.74 bits per heavy atom. The molecule has 1 N–H and O–H groups in total. The molecule has 5 rings (SSSR count). The van der Waals surface area contributed by atoms with Crippen molar-refractivity contribution in [3.05, 3.63) is 48.0 Å². The van der Waals surface area contributed by atoms with Gasteiger partial charge in [0.15, 0.2) is 11.5 Å². The van der Waals surface area contributed by atoms with Gasteiger partial charge in [0, 0.05) is 31.4 Å². The normalized spacial score (nSPS) is 19.0. The molecule has 0 unspecified atom stereocenters. The van der Waals surface area contributed by atoms with Crippen molar-refractivity contribution >= 4 is 11.7 Å². The number of benzene rings is 2. The van der Waals surface area contributed by atoms with Crippen molar-refractivity contribution < 1.29 is 19.0 Å². The van der Waals surface area contributed by atoms with E-state index in [-0.39, 0.29) is 12.8 Å². The van der Waals surface area contributed by atoms with Gasteiger partial charge in [-0.3, -0.25) is 0 Å². The van der Waals surface area contributed by atoms with E-state index in [4.69, 9.17) is 14.2 Å². The second kappa shape index (κ2) is 11.0. The number of amides is 2. The lowest BCUT2D eigenvalue weighted by molar-refractivity contribution is 0.155. The molecule has 7 heteroatoms. The summed E-state index contributed by atoms with van der Waals surface area (Å²) in [4.78, 5) is 17.5. The van der Waals surface area contributed by atoms with Gasteiger partial charge in [-0.2, -0.15) is 0 Å². The highest BCUT2D eigenvalue weighted by Gasteiger charge is 2.24. The van der Waals surface area contributed by atoms with Gasteiger partial charge in [0.25, 0.3) is 0 Å². The smallest absolute Gasteiger partial charge is 0.321 e. The molecule has 0 saturated carbocycles. The number of nitrogens with zero attached hydrogens (tertiary/aromatic N) is 2. The predicted octanol–water partition coefficient (Wildman–Crippen LogP) is 5.11. The van der Waals surface area contributed by atoms with E-state index in [0.717, 1.165) is 48.7 Å². The molecule has 3 aliphatic heterocycles. The summed E-state index contributed by atoms with van der Waals surface area (Å²) in [5.41, 5.74) is 1.79. The third kappa shape index (κ3) is 5.95. The molecule has 2 aromatic carbocycles.